The number of anilines is 1. The fourth-order valence-corrected chi connectivity index (χ4v) is 4.18. The zero-order chi connectivity index (χ0) is 18.7. The van der Waals surface area contributed by atoms with Crippen molar-refractivity contribution in [2.75, 3.05) is 11.9 Å². The van der Waals surface area contributed by atoms with Gasteiger partial charge >= 0.3 is 5.97 Å². The molecule has 0 radical (unpaired) electrons. The van der Waals surface area contributed by atoms with Crippen molar-refractivity contribution in [2.45, 2.75) is 39.2 Å². The number of carbonyl (C=O) groups excluding carboxylic acids is 2. The van der Waals surface area contributed by atoms with Crippen LogP contribution in [0.2, 0.25) is 0 Å². The molecule has 0 bridgehead atoms. The Morgan fingerprint density at radius 3 is 2.69 bits per heavy atom. The summed E-state index contributed by atoms with van der Waals surface area (Å²) in [5.41, 5.74) is 1.45. The topological polar surface area (TPSA) is 64.6 Å². The molecule has 1 aromatic carbocycles. The summed E-state index contributed by atoms with van der Waals surface area (Å²) in [4.78, 5) is 25.9. The van der Waals surface area contributed by atoms with Crippen molar-refractivity contribution in [1.29, 1.82) is 0 Å². The molecule has 0 saturated heterocycles. The van der Waals surface area contributed by atoms with E-state index in [4.69, 9.17) is 9.47 Å². The van der Waals surface area contributed by atoms with E-state index >= 15 is 0 Å². The van der Waals surface area contributed by atoms with Crippen LogP contribution < -0.4 is 10.1 Å². The molecule has 138 valence electrons. The molecule has 5 nitrogen and oxygen atoms in total. The van der Waals surface area contributed by atoms with Crippen molar-refractivity contribution in [2.24, 2.45) is 0 Å². The molecule has 7 heteroatoms. The third-order valence-corrected chi connectivity index (χ3v) is 5.34. The molecule has 1 N–H and O–H groups in total. The quantitative estimate of drug-likeness (QED) is 0.774. The van der Waals surface area contributed by atoms with Gasteiger partial charge in [0.05, 0.1) is 12.2 Å². The molecular weight excluding hydrogens is 357 g/mol. The second-order valence-electron chi connectivity index (χ2n) is 5.99. The molecule has 3 rings (SSSR count). The Morgan fingerprint density at radius 1 is 1.27 bits per heavy atom. The number of halogens is 1. The van der Waals surface area contributed by atoms with E-state index in [0.29, 0.717) is 16.3 Å². The highest BCUT2D eigenvalue weighted by Crippen LogP contribution is 2.39. The first-order valence-corrected chi connectivity index (χ1v) is 9.36. The van der Waals surface area contributed by atoms with Crippen molar-refractivity contribution in [1.82, 2.24) is 0 Å². The van der Waals surface area contributed by atoms with Gasteiger partial charge in [0.25, 0.3) is 5.91 Å². The zero-order valence-electron chi connectivity index (χ0n) is 14.6. The molecule has 0 fully saturated rings. The Hall–Kier alpha value is -2.41. The van der Waals surface area contributed by atoms with Crippen molar-refractivity contribution in [3.63, 3.8) is 0 Å². The maximum atomic E-state index is 13.0. The number of aryl methyl sites for hydroxylation is 1. The summed E-state index contributed by atoms with van der Waals surface area (Å²) >= 11 is 1.42. The van der Waals surface area contributed by atoms with Gasteiger partial charge in [0.1, 0.15) is 16.6 Å². The molecule has 0 saturated carbocycles. The summed E-state index contributed by atoms with van der Waals surface area (Å²) in [5.74, 6) is -0.760. The van der Waals surface area contributed by atoms with Crippen molar-refractivity contribution in [3.8, 4) is 5.75 Å². The van der Waals surface area contributed by atoms with Crippen LogP contribution in [0.1, 0.15) is 41.1 Å². The lowest BCUT2D eigenvalue weighted by Gasteiger charge is -2.15. The normalized spacial score (nSPS) is 13.8. The van der Waals surface area contributed by atoms with Crippen LogP contribution in [-0.4, -0.2) is 24.6 Å². The summed E-state index contributed by atoms with van der Waals surface area (Å²) in [5, 5.41) is 3.30. The fourth-order valence-electron chi connectivity index (χ4n) is 2.90. The number of hydrogen-bond donors (Lipinski definition) is 1. The lowest BCUT2D eigenvalue weighted by Crippen LogP contribution is -2.30. The van der Waals surface area contributed by atoms with Gasteiger partial charge in [-0.25, -0.2) is 9.18 Å². The number of fused-ring (bicyclic) bond motifs is 1. The van der Waals surface area contributed by atoms with Gasteiger partial charge in [-0.2, -0.15) is 0 Å². The van der Waals surface area contributed by atoms with Crippen LogP contribution in [0.25, 0.3) is 0 Å². The molecule has 1 aromatic heterocycles. The summed E-state index contributed by atoms with van der Waals surface area (Å²) < 4.78 is 23.6. The average Bonchev–Trinajstić information content (AvgIpc) is 3.17. The van der Waals surface area contributed by atoms with Crippen LogP contribution in [0.5, 0.6) is 5.75 Å². The molecule has 0 unspecified atom stereocenters. The largest absolute Gasteiger partial charge is 0.481 e. The second-order valence-corrected chi connectivity index (χ2v) is 7.09. The van der Waals surface area contributed by atoms with E-state index in [-0.39, 0.29) is 18.3 Å². The van der Waals surface area contributed by atoms with E-state index in [9.17, 15) is 14.0 Å². The Balaban J connectivity index is 1.74. The molecule has 1 atom stereocenters. The minimum atomic E-state index is -0.799. The first-order chi connectivity index (χ1) is 12.5. The van der Waals surface area contributed by atoms with E-state index in [2.05, 4.69) is 5.32 Å². The van der Waals surface area contributed by atoms with Gasteiger partial charge in [-0.05, 0) is 62.9 Å². The van der Waals surface area contributed by atoms with Gasteiger partial charge in [0.2, 0.25) is 0 Å². The Kier molecular flexibility index (Phi) is 5.56. The monoisotopic (exact) mass is 377 g/mol. The van der Waals surface area contributed by atoms with Crippen LogP contribution in [0.15, 0.2) is 24.3 Å². The van der Waals surface area contributed by atoms with E-state index in [1.54, 1.807) is 13.8 Å². The fraction of sp³-hybridized carbons (Fsp3) is 0.368. The van der Waals surface area contributed by atoms with Crippen LogP contribution in [0.3, 0.4) is 0 Å². The molecule has 1 aliphatic carbocycles. The number of amides is 1. The van der Waals surface area contributed by atoms with E-state index in [1.165, 1.54) is 35.6 Å². The SMILES string of the molecule is CCOC(=O)c1c(NC(=O)[C@@H](C)Oc2ccc(F)cc2)sc2c1CCC2. The van der Waals surface area contributed by atoms with E-state index < -0.39 is 12.1 Å². The molecular formula is C19H20FNO4S. The molecule has 0 spiro atoms. The maximum Gasteiger partial charge on any atom is 0.341 e. The van der Waals surface area contributed by atoms with E-state index in [0.717, 1.165) is 29.7 Å². The Bertz CT molecular complexity index is 816. The second kappa shape index (κ2) is 7.86. The Labute approximate surface area is 155 Å². The number of esters is 1. The van der Waals surface area contributed by atoms with Crippen molar-refractivity contribution >= 4 is 28.2 Å². The number of ether oxygens (including phenoxy) is 2. The molecule has 1 aliphatic rings. The number of hydrogen-bond acceptors (Lipinski definition) is 5. The Morgan fingerprint density at radius 2 is 2.00 bits per heavy atom. The molecule has 1 heterocycles. The maximum absolute atomic E-state index is 13.0. The van der Waals surface area contributed by atoms with Gasteiger partial charge < -0.3 is 14.8 Å². The van der Waals surface area contributed by atoms with Gasteiger partial charge in [0, 0.05) is 4.88 Å². The summed E-state index contributed by atoms with van der Waals surface area (Å²) in [6, 6.07) is 5.46. The summed E-state index contributed by atoms with van der Waals surface area (Å²) in [6.07, 6.45) is 1.93. The molecule has 26 heavy (non-hydrogen) atoms. The van der Waals surface area contributed by atoms with E-state index in [1.807, 2.05) is 0 Å². The summed E-state index contributed by atoms with van der Waals surface area (Å²) in [6.45, 7) is 3.63. The van der Waals surface area contributed by atoms with Crippen molar-refractivity contribution in [3.05, 3.63) is 46.1 Å². The van der Waals surface area contributed by atoms with Crippen LogP contribution in [0, 0.1) is 5.82 Å². The van der Waals surface area contributed by atoms with Crippen LogP contribution in [0.4, 0.5) is 9.39 Å². The predicted octanol–water partition coefficient (Wildman–Crippen LogP) is 3.96. The lowest BCUT2D eigenvalue weighted by atomic mass is 10.1. The number of benzene rings is 1. The third-order valence-electron chi connectivity index (χ3n) is 4.13. The van der Waals surface area contributed by atoms with Crippen LogP contribution >= 0.6 is 11.3 Å². The number of carbonyl (C=O) groups is 2. The highest BCUT2D eigenvalue weighted by molar-refractivity contribution is 7.17. The zero-order valence-corrected chi connectivity index (χ0v) is 15.5. The number of nitrogens with one attached hydrogen (secondary N) is 1. The first kappa shape index (κ1) is 18.4. The molecule has 2 aromatic rings. The van der Waals surface area contributed by atoms with Crippen LogP contribution in [-0.2, 0) is 22.4 Å². The van der Waals surface area contributed by atoms with Gasteiger partial charge in [-0.15, -0.1) is 11.3 Å². The standard InChI is InChI=1S/C19H20FNO4S/c1-3-24-19(23)16-14-5-4-6-15(14)26-18(16)21-17(22)11(2)25-13-9-7-12(20)8-10-13/h7-11H,3-6H2,1-2H3,(H,21,22)/t11-/m1/s1. The van der Waals surface area contributed by atoms with Gasteiger partial charge in [-0.3, -0.25) is 4.79 Å². The highest BCUT2D eigenvalue weighted by Gasteiger charge is 2.29. The molecule has 0 aliphatic heterocycles. The first-order valence-electron chi connectivity index (χ1n) is 8.54. The molecule has 1 amide bonds. The minimum absolute atomic E-state index is 0.279. The van der Waals surface area contributed by atoms with Gasteiger partial charge in [-0.1, -0.05) is 0 Å². The smallest absolute Gasteiger partial charge is 0.341 e. The number of rotatable bonds is 6. The average molecular weight is 377 g/mol. The minimum Gasteiger partial charge on any atom is -0.481 e. The number of thiophene rings is 1. The lowest BCUT2D eigenvalue weighted by molar-refractivity contribution is -0.122. The summed E-state index contributed by atoms with van der Waals surface area (Å²) in [7, 11) is 0. The third kappa shape index (κ3) is 3.88. The van der Waals surface area contributed by atoms with Crippen molar-refractivity contribution < 1.29 is 23.5 Å². The highest BCUT2D eigenvalue weighted by atomic mass is 32.1. The predicted molar refractivity (Wildman–Crippen MR) is 97.4 cm³/mol. The van der Waals surface area contributed by atoms with Gasteiger partial charge in [0.15, 0.2) is 6.10 Å².